The van der Waals surface area contributed by atoms with Crippen LogP contribution in [0.5, 0.6) is 0 Å². The molecule has 244 valence electrons. The van der Waals surface area contributed by atoms with E-state index in [1.54, 1.807) is 25.3 Å². The van der Waals surface area contributed by atoms with Crippen LogP contribution in [0.15, 0.2) is 11.6 Å². The summed E-state index contributed by atoms with van der Waals surface area (Å²) in [5.41, 5.74) is 0. The Hall–Kier alpha value is -2.61. The topological polar surface area (TPSA) is 151 Å². The molecule has 7 atom stereocenters. The van der Waals surface area contributed by atoms with Crippen LogP contribution in [-0.4, -0.2) is 98.2 Å². The van der Waals surface area contributed by atoms with Gasteiger partial charge in [-0.1, -0.05) is 41.0 Å². The van der Waals surface area contributed by atoms with Crippen LogP contribution in [0.2, 0.25) is 0 Å². The highest BCUT2D eigenvalue weighted by Gasteiger charge is 2.41. The molecule has 0 aromatic carbocycles. The molecular weight excluding hydrogens is 572 g/mol. The number of likely N-dealkylation sites (N-methyl/N-ethyl adjacent to an activating group) is 1. The van der Waals surface area contributed by atoms with Crippen molar-refractivity contribution in [3.05, 3.63) is 16.6 Å². The van der Waals surface area contributed by atoms with Gasteiger partial charge < -0.3 is 35.6 Å². The number of likely N-dealkylation sites (tertiary alicyclic amines) is 1. The summed E-state index contributed by atoms with van der Waals surface area (Å²) in [6.07, 6.45) is 2.98. The molecule has 2 heterocycles. The standard InChI is InChI=1S/C30H52N6O6S/c1-9-19(4)27(35-23(37)16-33-30(40)26(31-6)18(2)3)22(41-7)15-25(38)36-13-10-11-21(36)28(42-8)20(5)29(39)34-17-24-32-12-14-43-24/h12,14,18-22,26-28,31H,9-11,13,15-17H2,1-8H3,(H,33,40)(H,34,39)(H,35,37). The molecule has 0 aliphatic carbocycles. The van der Waals surface area contributed by atoms with E-state index in [1.807, 2.05) is 40.0 Å². The van der Waals surface area contributed by atoms with Gasteiger partial charge in [0.15, 0.2) is 0 Å². The lowest BCUT2D eigenvalue weighted by Crippen LogP contribution is -2.54. The first-order valence-corrected chi connectivity index (χ1v) is 16.1. The fourth-order valence-electron chi connectivity index (χ4n) is 5.73. The maximum absolute atomic E-state index is 13.7. The zero-order valence-electron chi connectivity index (χ0n) is 27.0. The second-order valence-electron chi connectivity index (χ2n) is 11.6. The van der Waals surface area contributed by atoms with Gasteiger partial charge in [0.25, 0.3) is 0 Å². The molecule has 12 nitrogen and oxygen atoms in total. The predicted octanol–water partition coefficient (Wildman–Crippen LogP) is 1.70. The van der Waals surface area contributed by atoms with Gasteiger partial charge in [-0.05, 0) is 31.7 Å². The summed E-state index contributed by atoms with van der Waals surface area (Å²) >= 11 is 1.48. The average molecular weight is 625 g/mol. The van der Waals surface area contributed by atoms with Crippen molar-refractivity contribution in [3.8, 4) is 0 Å². The van der Waals surface area contributed by atoms with Crippen molar-refractivity contribution in [2.45, 2.75) is 97.2 Å². The molecule has 1 fully saturated rings. The Balaban J connectivity index is 2.06. The second kappa shape index (κ2) is 18.3. The summed E-state index contributed by atoms with van der Waals surface area (Å²) in [7, 11) is 4.82. The lowest BCUT2D eigenvalue weighted by Gasteiger charge is -2.36. The van der Waals surface area contributed by atoms with E-state index >= 15 is 0 Å². The highest BCUT2D eigenvalue weighted by molar-refractivity contribution is 7.09. The third kappa shape index (κ3) is 10.5. The molecule has 1 aromatic rings. The zero-order chi connectivity index (χ0) is 32.1. The Morgan fingerprint density at radius 2 is 1.81 bits per heavy atom. The van der Waals surface area contributed by atoms with Crippen LogP contribution < -0.4 is 21.3 Å². The molecule has 1 aliphatic heterocycles. The zero-order valence-corrected chi connectivity index (χ0v) is 27.8. The lowest BCUT2D eigenvalue weighted by molar-refractivity contribution is -0.142. The SMILES string of the molecule is CCC(C)C(NC(=O)CNC(=O)C(NC)C(C)C)C(CC(=O)N1CCCC1C(OC)C(C)C(=O)NCc1nccs1)OC. The highest BCUT2D eigenvalue weighted by atomic mass is 32.1. The molecule has 2 rings (SSSR count). The van der Waals surface area contributed by atoms with Crippen LogP contribution in [0.25, 0.3) is 0 Å². The number of nitrogens with zero attached hydrogens (tertiary/aromatic N) is 2. The fraction of sp³-hybridized carbons (Fsp3) is 0.767. The quantitative estimate of drug-likeness (QED) is 0.193. The van der Waals surface area contributed by atoms with Gasteiger partial charge in [-0.15, -0.1) is 11.3 Å². The largest absolute Gasteiger partial charge is 0.379 e. The number of amides is 4. The molecule has 7 unspecified atom stereocenters. The summed E-state index contributed by atoms with van der Waals surface area (Å²) in [5.74, 6) is -1.26. The van der Waals surface area contributed by atoms with Crippen molar-refractivity contribution in [3.63, 3.8) is 0 Å². The van der Waals surface area contributed by atoms with Crippen LogP contribution >= 0.6 is 11.3 Å². The molecule has 1 aliphatic rings. The maximum atomic E-state index is 13.7. The van der Waals surface area contributed by atoms with Crippen molar-refractivity contribution in [1.82, 2.24) is 31.2 Å². The van der Waals surface area contributed by atoms with Crippen LogP contribution in [0.3, 0.4) is 0 Å². The Bertz CT molecular complexity index is 1020. The van der Waals surface area contributed by atoms with Gasteiger partial charge in [0.05, 0.1) is 55.8 Å². The van der Waals surface area contributed by atoms with Gasteiger partial charge in [0, 0.05) is 32.3 Å². The Morgan fingerprint density at radius 3 is 2.37 bits per heavy atom. The fourth-order valence-corrected chi connectivity index (χ4v) is 6.29. The number of hydrogen-bond acceptors (Lipinski definition) is 9. The van der Waals surface area contributed by atoms with E-state index in [2.05, 4.69) is 26.3 Å². The van der Waals surface area contributed by atoms with E-state index in [0.717, 1.165) is 24.3 Å². The van der Waals surface area contributed by atoms with E-state index < -0.39 is 30.2 Å². The molecule has 1 saturated heterocycles. The lowest BCUT2D eigenvalue weighted by atomic mass is 9.91. The Kier molecular flexibility index (Phi) is 15.5. The first-order chi connectivity index (χ1) is 20.5. The minimum atomic E-state index is -0.580. The second-order valence-corrected chi connectivity index (χ2v) is 12.6. The Morgan fingerprint density at radius 1 is 1.09 bits per heavy atom. The Labute approximate surface area is 260 Å². The van der Waals surface area contributed by atoms with Gasteiger partial charge in [0.1, 0.15) is 5.01 Å². The summed E-state index contributed by atoms with van der Waals surface area (Å²) in [6.45, 7) is 10.4. The number of thiazole rings is 1. The molecule has 1 aromatic heterocycles. The average Bonchev–Trinajstić information content (AvgIpc) is 3.69. The minimum absolute atomic E-state index is 0.0146. The van der Waals surface area contributed by atoms with E-state index in [4.69, 9.17) is 9.47 Å². The van der Waals surface area contributed by atoms with Crippen molar-refractivity contribution in [1.29, 1.82) is 0 Å². The normalized spacial score (nSPS) is 19.3. The van der Waals surface area contributed by atoms with Crippen molar-refractivity contribution >= 4 is 35.0 Å². The number of hydrogen-bond donors (Lipinski definition) is 4. The summed E-state index contributed by atoms with van der Waals surface area (Å²) in [6, 6.07) is -1.11. The number of carbonyl (C=O) groups is 4. The molecule has 0 radical (unpaired) electrons. The first-order valence-electron chi connectivity index (χ1n) is 15.2. The number of rotatable bonds is 18. The maximum Gasteiger partial charge on any atom is 0.239 e. The van der Waals surface area contributed by atoms with E-state index in [1.165, 1.54) is 18.4 Å². The molecule has 4 amide bonds. The third-order valence-corrected chi connectivity index (χ3v) is 9.20. The van der Waals surface area contributed by atoms with Crippen molar-refractivity contribution < 1.29 is 28.7 Å². The highest BCUT2D eigenvalue weighted by Crippen LogP contribution is 2.28. The summed E-state index contributed by atoms with van der Waals surface area (Å²) in [4.78, 5) is 58.1. The van der Waals surface area contributed by atoms with Crippen LogP contribution in [-0.2, 0) is 35.2 Å². The smallest absolute Gasteiger partial charge is 0.239 e. The summed E-state index contributed by atoms with van der Waals surface area (Å²) in [5, 5.41) is 14.3. The molecule has 43 heavy (non-hydrogen) atoms. The molecular formula is C30H52N6O6S. The minimum Gasteiger partial charge on any atom is -0.379 e. The van der Waals surface area contributed by atoms with E-state index in [-0.39, 0.29) is 54.5 Å². The van der Waals surface area contributed by atoms with Crippen molar-refractivity contribution in [2.24, 2.45) is 17.8 Å². The van der Waals surface area contributed by atoms with E-state index in [9.17, 15) is 19.2 Å². The van der Waals surface area contributed by atoms with Gasteiger partial charge in [-0.3, -0.25) is 19.2 Å². The van der Waals surface area contributed by atoms with Gasteiger partial charge >= 0.3 is 0 Å². The number of ether oxygens (including phenoxy) is 2. The van der Waals surface area contributed by atoms with Crippen LogP contribution in [0.1, 0.15) is 65.3 Å². The van der Waals surface area contributed by atoms with Gasteiger partial charge in [-0.2, -0.15) is 0 Å². The van der Waals surface area contributed by atoms with Crippen molar-refractivity contribution in [2.75, 3.05) is 34.4 Å². The summed E-state index contributed by atoms with van der Waals surface area (Å²) < 4.78 is 11.6. The predicted molar refractivity (Wildman–Crippen MR) is 166 cm³/mol. The molecule has 0 saturated carbocycles. The molecule has 4 N–H and O–H groups in total. The molecule has 13 heteroatoms. The monoisotopic (exact) mass is 624 g/mol. The van der Waals surface area contributed by atoms with Crippen LogP contribution in [0, 0.1) is 17.8 Å². The number of nitrogens with one attached hydrogen (secondary N) is 4. The number of methoxy groups -OCH3 is 2. The van der Waals surface area contributed by atoms with E-state index in [0.29, 0.717) is 13.1 Å². The molecule has 0 spiro atoms. The first kappa shape index (κ1) is 36.6. The third-order valence-electron chi connectivity index (χ3n) is 8.42. The number of carbonyl (C=O) groups excluding carboxylic acids is 4. The van der Waals surface area contributed by atoms with Gasteiger partial charge in [0.2, 0.25) is 23.6 Å². The number of aromatic nitrogens is 1. The van der Waals surface area contributed by atoms with Gasteiger partial charge in [-0.25, -0.2) is 4.98 Å². The molecule has 0 bridgehead atoms. The van der Waals surface area contributed by atoms with Crippen LogP contribution in [0.4, 0.5) is 0 Å².